The lowest BCUT2D eigenvalue weighted by atomic mass is 10.0. The zero-order valence-electron chi connectivity index (χ0n) is 18.3. The van der Waals surface area contributed by atoms with Crippen molar-refractivity contribution in [3.05, 3.63) is 46.8 Å². The molecule has 9 heteroatoms. The SMILES string of the molecule is CC(C)(C)OC(=O)N1CC(CNC(=O)c2nn(-c3ccc(F)cc3F)c3c2C[C@H]2C[C@@H]32)C1. The highest BCUT2D eigenvalue weighted by atomic mass is 19.1. The summed E-state index contributed by atoms with van der Waals surface area (Å²) in [4.78, 5) is 26.6. The van der Waals surface area contributed by atoms with Crippen LogP contribution in [-0.2, 0) is 11.2 Å². The van der Waals surface area contributed by atoms with Crippen LogP contribution in [-0.4, -0.2) is 51.9 Å². The average Bonchev–Trinajstić information content (AvgIpc) is 3.15. The van der Waals surface area contributed by atoms with Crippen LogP contribution in [0, 0.1) is 23.5 Å². The van der Waals surface area contributed by atoms with Gasteiger partial charge in [-0.25, -0.2) is 18.3 Å². The molecule has 2 aromatic rings. The van der Waals surface area contributed by atoms with Gasteiger partial charge in [-0.3, -0.25) is 4.79 Å². The smallest absolute Gasteiger partial charge is 0.410 e. The summed E-state index contributed by atoms with van der Waals surface area (Å²) < 4.78 is 34.6. The van der Waals surface area contributed by atoms with Crippen LogP contribution in [0.2, 0.25) is 0 Å². The quantitative estimate of drug-likeness (QED) is 0.784. The van der Waals surface area contributed by atoms with Crippen LogP contribution in [0.5, 0.6) is 0 Å². The van der Waals surface area contributed by atoms with E-state index >= 15 is 0 Å². The molecule has 3 aliphatic rings. The Morgan fingerprint density at radius 2 is 2.00 bits per heavy atom. The highest BCUT2D eigenvalue weighted by Gasteiger charge is 2.50. The molecule has 5 rings (SSSR count). The Labute approximate surface area is 184 Å². The summed E-state index contributed by atoms with van der Waals surface area (Å²) in [6, 6.07) is 3.38. The minimum atomic E-state index is -0.705. The lowest BCUT2D eigenvalue weighted by Gasteiger charge is -2.39. The summed E-state index contributed by atoms with van der Waals surface area (Å²) in [5.74, 6) is -0.777. The van der Waals surface area contributed by atoms with Crippen molar-refractivity contribution < 1.29 is 23.1 Å². The van der Waals surface area contributed by atoms with Crippen LogP contribution >= 0.6 is 0 Å². The summed E-state index contributed by atoms with van der Waals surface area (Å²) >= 11 is 0. The van der Waals surface area contributed by atoms with E-state index in [9.17, 15) is 18.4 Å². The summed E-state index contributed by atoms with van der Waals surface area (Å²) in [6.45, 7) is 6.92. The number of halogens is 2. The van der Waals surface area contributed by atoms with E-state index in [4.69, 9.17) is 4.74 Å². The fraction of sp³-hybridized carbons (Fsp3) is 0.522. The van der Waals surface area contributed by atoms with Gasteiger partial charge in [-0.15, -0.1) is 0 Å². The number of rotatable bonds is 4. The molecule has 0 spiro atoms. The van der Waals surface area contributed by atoms with Crippen molar-refractivity contribution in [1.29, 1.82) is 0 Å². The van der Waals surface area contributed by atoms with Gasteiger partial charge < -0.3 is 15.0 Å². The molecule has 1 aromatic heterocycles. The number of fused-ring (bicyclic) bond motifs is 3. The average molecular weight is 444 g/mol. The molecule has 1 aliphatic heterocycles. The lowest BCUT2D eigenvalue weighted by molar-refractivity contribution is -0.000542. The number of aromatic nitrogens is 2. The summed E-state index contributed by atoms with van der Waals surface area (Å²) in [5.41, 5.74) is 1.64. The van der Waals surface area contributed by atoms with E-state index in [1.54, 1.807) is 4.90 Å². The predicted octanol–water partition coefficient (Wildman–Crippen LogP) is 3.41. The van der Waals surface area contributed by atoms with Crippen LogP contribution in [0.4, 0.5) is 13.6 Å². The van der Waals surface area contributed by atoms with Crippen molar-refractivity contribution in [3.63, 3.8) is 0 Å². The molecule has 1 saturated heterocycles. The Kier molecular flexibility index (Phi) is 4.76. The number of carbonyl (C=O) groups is 2. The highest BCUT2D eigenvalue weighted by Crippen LogP contribution is 2.57. The Hall–Kier alpha value is -2.97. The Morgan fingerprint density at radius 3 is 2.69 bits per heavy atom. The fourth-order valence-electron chi connectivity index (χ4n) is 4.63. The molecule has 2 aliphatic carbocycles. The molecule has 0 bridgehead atoms. The molecule has 2 atom stereocenters. The largest absolute Gasteiger partial charge is 0.444 e. The van der Waals surface area contributed by atoms with Gasteiger partial charge in [0.1, 0.15) is 17.1 Å². The first-order valence-corrected chi connectivity index (χ1v) is 10.9. The zero-order valence-corrected chi connectivity index (χ0v) is 18.3. The minimum absolute atomic E-state index is 0.143. The van der Waals surface area contributed by atoms with Crippen molar-refractivity contribution in [2.45, 2.75) is 45.1 Å². The van der Waals surface area contributed by atoms with Gasteiger partial charge in [0.2, 0.25) is 0 Å². The van der Waals surface area contributed by atoms with Crippen molar-refractivity contribution >= 4 is 12.0 Å². The fourth-order valence-corrected chi connectivity index (χ4v) is 4.63. The molecular formula is C23H26F2N4O3. The molecule has 2 fully saturated rings. The summed E-state index contributed by atoms with van der Waals surface area (Å²) in [6.07, 6.45) is 1.41. The first-order chi connectivity index (χ1) is 15.1. The summed E-state index contributed by atoms with van der Waals surface area (Å²) in [5, 5.41) is 7.34. The second-order valence-corrected chi connectivity index (χ2v) is 9.99. The molecule has 32 heavy (non-hydrogen) atoms. The topological polar surface area (TPSA) is 76.5 Å². The van der Waals surface area contributed by atoms with Crippen LogP contribution in [0.1, 0.15) is 54.9 Å². The maximum Gasteiger partial charge on any atom is 0.410 e. The second-order valence-electron chi connectivity index (χ2n) is 9.99. The van der Waals surface area contributed by atoms with Gasteiger partial charge >= 0.3 is 6.09 Å². The first kappa shape index (κ1) is 20.9. The van der Waals surface area contributed by atoms with Crippen molar-refractivity contribution in [3.8, 4) is 5.69 Å². The molecule has 1 aromatic carbocycles. The number of amides is 2. The monoisotopic (exact) mass is 444 g/mol. The standard InChI is InChI=1S/C23H26F2N4O3/c1-23(2,3)32-22(31)28-10-12(11-28)9-26-21(30)19-16-7-13-6-15(13)20(16)29(27-19)18-5-4-14(24)8-17(18)25/h4-5,8,12-13,15H,6-7,9-11H2,1-3H3,(H,26,30)/t13-,15-/m1/s1. The van der Waals surface area contributed by atoms with Gasteiger partial charge in [0.05, 0.1) is 5.69 Å². The number of benzene rings is 1. The minimum Gasteiger partial charge on any atom is -0.444 e. The molecular weight excluding hydrogens is 418 g/mol. The normalized spacial score (nSPS) is 21.6. The molecule has 170 valence electrons. The Balaban J connectivity index is 1.26. The van der Waals surface area contributed by atoms with Crippen LogP contribution in [0.25, 0.3) is 5.69 Å². The number of likely N-dealkylation sites (tertiary alicyclic amines) is 1. The first-order valence-electron chi connectivity index (χ1n) is 10.9. The van der Waals surface area contributed by atoms with Crippen LogP contribution in [0.3, 0.4) is 0 Å². The van der Waals surface area contributed by atoms with E-state index in [1.807, 2.05) is 20.8 Å². The predicted molar refractivity (Wildman–Crippen MR) is 112 cm³/mol. The number of hydrogen-bond donors (Lipinski definition) is 1. The highest BCUT2D eigenvalue weighted by molar-refractivity contribution is 5.94. The number of ether oxygens (including phenoxy) is 1. The third kappa shape index (κ3) is 3.73. The molecule has 2 heterocycles. The lowest BCUT2D eigenvalue weighted by Crippen LogP contribution is -2.54. The van der Waals surface area contributed by atoms with E-state index < -0.39 is 17.2 Å². The third-order valence-electron chi connectivity index (χ3n) is 6.28. The summed E-state index contributed by atoms with van der Waals surface area (Å²) in [7, 11) is 0. The number of carbonyl (C=O) groups excluding carboxylic acids is 2. The molecule has 1 N–H and O–H groups in total. The van der Waals surface area contributed by atoms with Crippen molar-refractivity contribution in [2.24, 2.45) is 11.8 Å². The maximum absolute atomic E-state index is 14.4. The molecule has 7 nitrogen and oxygen atoms in total. The molecule has 0 radical (unpaired) electrons. The van der Waals surface area contributed by atoms with Crippen LogP contribution in [0.15, 0.2) is 18.2 Å². The third-order valence-corrected chi connectivity index (χ3v) is 6.28. The van der Waals surface area contributed by atoms with E-state index in [-0.39, 0.29) is 29.5 Å². The molecule has 0 unspecified atom stereocenters. The van der Waals surface area contributed by atoms with Crippen molar-refractivity contribution in [1.82, 2.24) is 20.0 Å². The Morgan fingerprint density at radius 1 is 1.25 bits per heavy atom. The van der Waals surface area contributed by atoms with E-state index in [0.29, 0.717) is 31.2 Å². The van der Waals surface area contributed by atoms with Gasteiger partial charge in [-0.1, -0.05) is 0 Å². The number of hydrogen-bond acceptors (Lipinski definition) is 4. The van der Waals surface area contributed by atoms with Crippen LogP contribution < -0.4 is 5.32 Å². The number of nitrogens with zero attached hydrogens (tertiary/aromatic N) is 3. The van der Waals surface area contributed by atoms with E-state index in [2.05, 4.69) is 10.4 Å². The van der Waals surface area contributed by atoms with E-state index in [0.717, 1.165) is 30.2 Å². The molecule has 1 saturated carbocycles. The zero-order chi connectivity index (χ0) is 22.8. The Bertz CT molecular complexity index is 1100. The maximum atomic E-state index is 14.4. The van der Waals surface area contributed by atoms with Gasteiger partial charge in [0.15, 0.2) is 11.5 Å². The van der Waals surface area contributed by atoms with Gasteiger partial charge in [-0.05, 0) is 51.7 Å². The number of nitrogens with one attached hydrogen (secondary N) is 1. The molecule has 2 amide bonds. The van der Waals surface area contributed by atoms with Crippen molar-refractivity contribution in [2.75, 3.05) is 19.6 Å². The second kappa shape index (κ2) is 7.28. The van der Waals surface area contributed by atoms with E-state index in [1.165, 1.54) is 16.8 Å². The van der Waals surface area contributed by atoms with Gasteiger partial charge in [0, 0.05) is 43.1 Å². The van der Waals surface area contributed by atoms with Gasteiger partial charge in [-0.2, -0.15) is 5.10 Å². The van der Waals surface area contributed by atoms with Gasteiger partial charge in [0.25, 0.3) is 5.91 Å².